The van der Waals surface area contributed by atoms with Crippen LogP contribution in [0.15, 0.2) is 48.5 Å². The lowest BCUT2D eigenvalue weighted by molar-refractivity contribution is -0.137. The highest BCUT2D eigenvalue weighted by atomic mass is 19.4. The molecule has 0 aliphatic rings. The number of hydrogen-bond acceptors (Lipinski definition) is 2. The molecule has 8 heteroatoms. The van der Waals surface area contributed by atoms with Crippen molar-refractivity contribution in [3.63, 3.8) is 0 Å². The number of nitrogens with one attached hydrogen (secondary N) is 2. The van der Waals surface area contributed by atoms with Gasteiger partial charge in [0.05, 0.1) is 5.56 Å². The fourth-order valence-corrected chi connectivity index (χ4v) is 2.15. The normalized spacial score (nSPS) is 11.1. The molecule has 2 amide bonds. The van der Waals surface area contributed by atoms with Gasteiger partial charge in [-0.3, -0.25) is 9.59 Å². The molecule has 2 aromatic rings. The van der Waals surface area contributed by atoms with Crippen LogP contribution in [0, 0.1) is 5.82 Å². The summed E-state index contributed by atoms with van der Waals surface area (Å²) >= 11 is 0. The van der Waals surface area contributed by atoms with Crippen LogP contribution in [0.1, 0.15) is 17.5 Å². The number of anilines is 1. The molecule has 0 bridgehead atoms. The first-order valence-electron chi connectivity index (χ1n) is 7.72. The lowest BCUT2D eigenvalue weighted by atomic mass is 10.1. The summed E-state index contributed by atoms with van der Waals surface area (Å²) in [6, 6.07) is 9.75. The number of carbonyl (C=O) groups is 2. The fraction of sp³-hybridized carbons (Fsp3) is 0.222. The van der Waals surface area contributed by atoms with E-state index in [9.17, 15) is 27.2 Å². The minimum atomic E-state index is -4.45. The molecule has 0 radical (unpaired) electrons. The summed E-state index contributed by atoms with van der Waals surface area (Å²) < 4.78 is 50.1. The van der Waals surface area contributed by atoms with Crippen LogP contribution in [0.5, 0.6) is 0 Å². The number of hydrogen-bond donors (Lipinski definition) is 2. The Morgan fingerprint density at radius 2 is 1.50 bits per heavy atom. The molecule has 2 aromatic carbocycles. The molecule has 0 atom stereocenters. The molecule has 4 nitrogen and oxygen atoms in total. The Balaban J connectivity index is 1.74. The Morgan fingerprint density at radius 1 is 0.885 bits per heavy atom. The Kier molecular flexibility index (Phi) is 6.32. The fourth-order valence-electron chi connectivity index (χ4n) is 2.15. The Labute approximate surface area is 147 Å². The second-order valence-corrected chi connectivity index (χ2v) is 5.53. The van der Waals surface area contributed by atoms with Gasteiger partial charge in [0.2, 0.25) is 11.8 Å². The van der Waals surface area contributed by atoms with Gasteiger partial charge in [0.1, 0.15) is 12.2 Å². The highest BCUT2D eigenvalue weighted by molar-refractivity contribution is 6.03. The summed E-state index contributed by atoms with van der Waals surface area (Å²) in [6.45, 7) is 0.276. The van der Waals surface area contributed by atoms with Crippen LogP contribution < -0.4 is 10.6 Å². The maximum Gasteiger partial charge on any atom is 0.416 e. The third kappa shape index (κ3) is 6.19. The summed E-state index contributed by atoms with van der Waals surface area (Å²) in [5.74, 6) is -1.50. The molecule has 2 rings (SSSR count). The zero-order chi connectivity index (χ0) is 19.2. The maximum absolute atomic E-state index is 12.8. The summed E-state index contributed by atoms with van der Waals surface area (Å²) in [5, 5.41) is 4.91. The van der Waals surface area contributed by atoms with E-state index in [-0.39, 0.29) is 18.0 Å². The van der Waals surface area contributed by atoms with Crippen molar-refractivity contribution in [3.8, 4) is 0 Å². The third-order valence-corrected chi connectivity index (χ3v) is 3.47. The highest BCUT2D eigenvalue weighted by Gasteiger charge is 2.30. The minimum absolute atomic E-state index is 0.169. The van der Waals surface area contributed by atoms with Gasteiger partial charge in [0, 0.05) is 12.2 Å². The molecule has 26 heavy (non-hydrogen) atoms. The molecule has 0 saturated heterocycles. The minimum Gasteiger partial charge on any atom is -0.355 e. The molecular weight excluding hydrogens is 352 g/mol. The average Bonchev–Trinajstić information content (AvgIpc) is 2.56. The first kappa shape index (κ1) is 19.4. The van der Waals surface area contributed by atoms with Crippen LogP contribution in [0.3, 0.4) is 0 Å². The van der Waals surface area contributed by atoms with Crippen LogP contribution in [0.2, 0.25) is 0 Å². The summed E-state index contributed by atoms with van der Waals surface area (Å²) in [7, 11) is 0. The van der Waals surface area contributed by atoms with Crippen LogP contribution in [0.4, 0.5) is 23.2 Å². The monoisotopic (exact) mass is 368 g/mol. The Bertz CT molecular complexity index is 756. The molecule has 0 aliphatic carbocycles. The van der Waals surface area contributed by atoms with Crippen molar-refractivity contribution in [1.29, 1.82) is 0 Å². The molecule has 0 aliphatic heterocycles. The van der Waals surface area contributed by atoms with Crippen LogP contribution in [-0.4, -0.2) is 18.4 Å². The first-order valence-corrected chi connectivity index (χ1v) is 7.72. The molecule has 0 fully saturated rings. The van der Waals surface area contributed by atoms with Gasteiger partial charge >= 0.3 is 6.18 Å². The smallest absolute Gasteiger partial charge is 0.355 e. The summed E-state index contributed by atoms with van der Waals surface area (Å²) in [4.78, 5) is 23.4. The molecule has 2 N–H and O–H groups in total. The molecular formula is C18H16F4N2O2. The molecule has 0 spiro atoms. The van der Waals surface area contributed by atoms with Crippen molar-refractivity contribution < 1.29 is 27.2 Å². The Hall–Kier alpha value is -2.90. The predicted molar refractivity (Wildman–Crippen MR) is 87.8 cm³/mol. The van der Waals surface area contributed by atoms with Gasteiger partial charge in [-0.1, -0.05) is 12.1 Å². The summed E-state index contributed by atoms with van der Waals surface area (Å²) in [6.07, 6.45) is -4.43. The summed E-state index contributed by atoms with van der Waals surface area (Å²) in [5.41, 5.74) is 0.178. The number of rotatable bonds is 6. The molecule has 138 valence electrons. The Morgan fingerprint density at radius 3 is 2.08 bits per heavy atom. The van der Waals surface area contributed by atoms with Gasteiger partial charge in [0.25, 0.3) is 0 Å². The number of amides is 2. The van der Waals surface area contributed by atoms with Gasteiger partial charge in [-0.2, -0.15) is 13.2 Å². The lowest BCUT2D eigenvalue weighted by Crippen LogP contribution is -2.29. The first-order chi connectivity index (χ1) is 12.2. The van der Waals surface area contributed by atoms with Gasteiger partial charge < -0.3 is 10.6 Å². The predicted octanol–water partition coefficient (Wildman–Crippen LogP) is 3.53. The van der Waals surface area contributed by atoms with E-state index in [0.29, 0.717) is 6.42 Å². The van der Waals surface area contributed by atoms with E-state index in [0.717, 1.165) is 29.8 Å². The number of carbonyl (C=O) groups excluding carboxylic acids is 2. The molecule has 0 unspecified atom stereocenters. The maximum atomic E-state index is 12.8. The van der Waals surface area contributed by atoms with Crippen molar-refractivity contribution in [2.45, 2.75) is 19.0 Å². The van der Waals surface area contributed by atoms with Crippen molar-refractivity contribution in [3.05, 3.63) is 65.5 Å². The number of alkyl halides is 3. The second kappa shape index (κ2) is 8.46. The van der Waals surface area contributed by atoms with E-state index in [1.54, 1.807) is 12.1 Å². The van der Waals surface area contributed by atoms with E-state index in [1.165, 1.54) is 12.1 Å². The van der Waals surface area contributed by atoms with E-state index in [4.69, 9.17) is 0 Å². The lowest BCUT2D eigenvalue weighted by Gasteiger charge is -2.09. The quantitative estimate of drug-likeness (QED) is 0.605. The van der Waals surface area contributed by atoms with Crippen molar-refractivity contribution in [1.82, 2.24) is 5.32 Å². The van der Waals surface area contributed by atoms with Crippen LogP contribution >= 0.6 is 0 Å². The van der Waals surface area contributed by atoms with Crippen molar-refractivity contribution in [2.75, 3.05) is 11.9 Å². The van der Waals surface area contributed by atoms with E-state index in [2.05, 4.69) is 10.6 Å². The van der Waals surface area contributed by atoms with Crippen molar-refractivity contribution >= 4 is 17.5 Å². The van der Waals surface area contributed by atoms with Crippen LogP contribution in [0.25, 0.3) is 0 Å². The largest absolute Gasteiger partial charge is 0.416 e. The van der Waals surface area contributed by atoms with Gasteiger partial charge in [-0.25, -0.2) is 4.39 Å². The molecule has 0 saturated carbocycles. The molecule has 0 heterocycles. The number of benzene rings is 2. The van der Waals surface area contributed by atoms with Crippen LogP contribution in [-0.2, 0) is 22.2 Å². The van der Waals surface area contributed by atoms with E-state index in [1.807, 2.05) is 0 Å². The zero-order valence-corrected chi connectivity index (χ0v) is 13.6. The van der Waals surface area contributed by atoms with Crippen molar-refractivity contribution in [2.24, 2.45) is 0 Å². The second-order valence-electron chi connectivity index (χ2n) is 5.53. The third-order valence-electron chi connectivity index (χ3n) is 3.47. The topological polar surface area (TPSA) is 58.2 Å². The van der Waals surface area contributed by atoms with E-state index >= 15 is 0 Å². The number of halogens is 4. The standard InChI is InChI=1S/C18H16F4N2O2/c19-14-5-1-12(2-6-14)9-10-23-16(25)11-17(26)24-15-7-3-13(4-8-15)18(20,21)22/h1-8H,9-11H2,(H,23,25)(H,24,26). The van der Waals surface area contributed by atoms with Gasteiger partial charge in [0.15, 0.2) is 0 Å². The van der Waals surface area contributed by atoms with Gasteiger partial charge in [-0.05, 0) is 48.4 Å². The SMILES string of the molecule is O=C(CC(=O)Nc1ccc(C(F)(F)F)cc1)NCCc1ccc(F)cc1. The highest BCUT2D eigenvalue weighted by Crippen LogP contribution is 2.29. The average molecular weight is 368 g/mol. The van der Waals surface area contributed by atoms with Gasteiger partial charge in [-0.15, -0.1) is 0 Å². The zero-order valence-electron chi connectivity index (χ0n) is 13.6. The van der Waals surface area contributed by atoms with E-state index < -0.39 is 30.0 Å². The molecule has 0 aromatic heterocycles.